The van der Waals surface area contributed by atoms with Gasteiger partial charge >= 0.3 is 0 Å². The first-order valence-electron chi connectivity index (χ1n) is 8.71. The Morgan fingerprint density at radius 3 is 2.33 bits per heavy atom. The van der Waals surface area contributed by atoms with Gasteiger partial charge in [0.2, 0.25) is 0 Å². The molecule has 1 aromatic heterocycles. The van der Waals surface area contributed by atoms with Gasteiger partial charge in [-0.2, -0.15) is 0 Å². The van der Waals surface area contributed by atoms with Crippen LogP contribution in [0.15, 0.2) is 65.7 Å². The zero-order valence-electron chi connectivity index (χ0n) is 15.8. The summed E-state index contributed by atoms with van der Waals surface area (Å²) in [6, 6.07) is 20.8. The molecule has 3 rings (SSSR count). The highest BCUT2D eigenvalue weighted by Crippen LogP contribution is 2.27. The molecule has 27 heavy (non-hydrogen) atoms. The van der Waals surface area contributed by atoms with Crippen molar-refractivity contribution in [2.24, 2.45) is 4.99 Å². The van der Waals surface area contributed by atoms with Gasteiger partial charge in [-0.05, 0) is 19.4 Å². The third-order valence-corrected chi connectivity index (χ3v) is 5.41. The predicted octanol–water partition coefficient (Wildman–Crippen LogP) is 5.16. The fourth-order valence-corrected chi connectivity index (χ4v) is 3.69. The maximum Gasteiger partial charge on any atom is 0.191 e. The van der Waals surface area contributed by atoms with Gasteiger partial charge in [-0.3, -0.25) is 4.99 Å². The summed E-state index contributed by atoms with van der Waals surface area (Å²) in [6.45, 7) is 4.90. The average molecular weight is 492 g/mol. The van der Waals surface area contributed by atoms with Crippen LogP contribution in [0.2, 0.25) is 0 Å². The minimum Gasteiger partial charge on any atom is -0.351 e. The number of hydrogen-bond donors (Lipinski definition) is 2. The molecular weight excluding hydrogens is 467 g/mol. The second kappa shape index (κ2) is 10.4. The van der Waals surface area contributed by atoms with Crippen molar-refractivity contribution >= 4 is 41.3 Å². The van der Waals surface area contributed by atoms with Crippen LogP contribution in [0.4, 0.5) is 0 Å². The molecule has 3 aromatic rings. The Morgan fingerprint density at radius 2 is 1.70 bits per heavy atom. The van der Waals surface area contributed by atoms with Crippen LogP contribution in [-0.4, -0.2) is 18.0 Å². The molecule has 1 heterocycles. The van der Waals surface area contributed by atoms with Gasteiger partial charge in [0.15, 0.2) is 5.96 Å². The highest BCUT2D eigenvalue weighted by molar-refractivity contribution is 14.0. The maximum atomic E-state index is 4.71. The first-order chi connectivity index (χ1) is 12.7. The quantitative estimate of drug-likeness (QED) is 0.294. The second-order valence-corrected chi connectivity index (χ2v) is 7.18. The van der Waals surface area contributed by atoms with Gasteiger partial charge in [0, 0.05) is 17.5 Å². The van der Waals surface area contributed by atoms with Gasteiger partial charge in [0.05, 0.1) is 18.3 Å². The fraction of sp³-hybridized carbons (Fsp3) is 0.238. The molecule has 1 unspecified atom stereocenters. The number of rotatable bonds is 5. The maximum absolute atomic E-state index is 4.71. The number of aryl methyl sites for hydroxylation is 1. The van der Waals surface area contributed by atoms with E-state index in [-0.39, 0.29) is 30.0 Å². The highest BCUT2D eigenvalue weighted by atomic mass is 127. The monoisotopic (exact) mass is 492 g/mol. The van der Waals surface area contributed by atoms with E-state index in [0.717, 1.165) is 22.2 Å². The molecular formula is C21H25IN4S. The minimum absolute atomic E-state index is 0. The summed E-state index contributed by atoms with van der Waals surface area (Å²) in [4.78, 5) is 10.3. The summed E-state index contributed by atoms with van der Waals surface area (Å²) >= 11 is 1.72. The largest absolute Gasteiger partial charge is 0.351 e. The van der Waals surface area contributed by atoms with Crippen LogP contribution in [0.5, 0.6) is 0 Å². The van der Waals surface area contributed by atoms with E-state index >= 15 is 0 Å². The first-order valence-corrected chi connectivity index (χ1v) is 9.53. The van der Waals surface area contributed by atoms with E-state index < -0.39 is 0 Å². The van der Waals surface area contributed by atoms with Crippen molar-refractivity contribution in [3.8, 4) is 10.6 Å². The number of nitrogens with one attached hydrogen (secondary N) is 2. The van der Waals surface area contributed by atoms with Crippen LogP contribution >= 0.6 is 35.3 Å². The molecule has 4 nitrogen and oxygen atoms in total. The Kier molecular flexibility index (Phi) is 8.24. The van der Waals surface area contributed by atoms with Crippen molar-refractivity contribution in [1.29, 1.82) is 0 Å². The Balaban J connectivity index is 0.00000261. The third kappa shape index (κ3) is 5.77. The smallest absolute Gasteiger partial charge is 0.191 e. The SMILES string of the molecule is CN=C(NCc1sc(-c2ccccc2)nc1C)NC(C)c1ccccc1.I. The van der Waals surface area contributed by atoms with Crippen molar-refractivity contribution in [2.75, 3.05) is 7.05 Å². The number of thiazole rings is 1. The van der Waals surface area contributed by atoms with E-state index in [1.165, 1.54) is 10.4 Å². The summed E-state index contributed by atoms with van der Waals surface area (Å²) in [5, 5.41) is 7.89. The lowest BCUT2D eigenvalue weighted by Gasteiger charge is -2.18. The summed E-state index contributed by atoms with van der Waals surface area (Å²) in [5.74, 6) is 0.787. The van der Waals surface area contributed by atoms with Crippen molar-refractivity contribution in [3.63, 3.8) is 0 Å². The van der Waals surface area contributed by atoms with Crippen molar-refractivity contribution < 1.29 is 0 Å². The minimum atomic E-state index is 0. The molecule has 0 aliphatic heterocycles. The molecule has 1 atom stereocenters. The number of guanidine groups is 1. The summed E-state index contributed by atoms with van der Waals surface area (Å²) < 4.78 is 0. The zero-order chi connectivity index (χ0) is 18.4. The molecule has 142 valence electrons. The van der Waals surface area contributed by atoms with E-state index in [1.54, 1.807) is 18.4 Å². The van der Waals surface area contributed by atoms with Gasteiger partial charge < -0.3 is 10.6 Å². The summed E-state index contributed by atoms with van der Waals surface area (Å²) in [5.41, 5.74) is 3.45. The molecule has 0 saturated heterocycles. The summed E-state index contributed by atoms with van der Waals surface area (Å²) in [7, 11) is 1.79. The van der Waals surface area contributed by atoms with Crippen molar-refractivity contribution in [2.45, 2.75) is 26.4 Å². The number of hydrogen-bond acceptors (Lipinski definition) is 3. The second-order valence-electron chi connectivity index (χ2n) is 6.10. The Hall–Kier alpha value is -1.93. The zero-order valence-corrected chi connectivity index (χ0v) is 18.9. The standard InChI is InChI=1S/C21H24N4S.HI/c1-15(17-10-6-4-7-11-17)25-21(22-3)23-14-19-16(2)24-20(26-19)18-12-8-5-9-13-18;/h4-13,15H,14H2,1-3H3,(H2,22,23,25);1H. The average Bonchev–Trinajstić information content (AvgIpc) is 3.07. The molecule has 2 N–H and O–H groups in total. The Labute approximate surface area is 182 Å². The van der Waals surface area contributed by atoms with Crippen LogP contribution < -0.4 is 10.6 Å². The lowest BCUT2D eigenvalue weighted by molar-refractivity contribution is 0.686. The van der Waals surface area contributed by atoms with Crippen LogP contribution in [0.1, 0.15) is 29.1 Å². The van der Waals surface area contributed by atoms with Gasteiger partial charge in [-0.1, -0.05) is 60.7 Å². The van der Waals surface area contributed by atoms with Crippen molar-refractivity contribution in [1.82, 2.24) is 15.6 Å². The lowest BCUT2D eigenvalue weighted by Crippen LogP contribution is -2.38. The van der Waals surface area contributed by atoms with Crippen LogP contribution in [0.3, 0.4) is 0 Å². The van der Waals surface area contributed by atoms with Crippen molar-refractivity contribution in [3.05, 3.63) is 76.8 Å². The van der Waals surface area contributed by atoms with Crippen LogP contribution in [0.25, 0.3) is 10.6 Å². The Bertz CT molecular complexity index is 862. The molecule has 0 radical (unpaired) electrons. The van der Waals surface area contributed by atoms with E-state index in [2.05, 4.69) is 65.9 Å². The highest BCUT2D eigenvalue weighted by Gasteiger charge is 2.11. The molecule has 0 saturated carbocycles. The van der Waals surface area contributed by atoms with E-state index in [0.29, 0.717) is 6.54 Å². The number of nitrogens with zero attached hydrogens (tertiary/aromatic N) is 2. The summed E-state index contributed by atoms with van der Waals surface area (Å²) in [6.07, 6.45) is 0. The molecule has 0 spiro atoms. The number of aliphatic imine (C=N–C) groups is 1. The predicted molar refractivity (Wildman–Crippen MR) is 126 cm³/mol. The molecule has 0 aliphatic carbocycles. The number of benzene rings is 2. The lowest BCUT2D eigenvalue weighted by atomic mass is 10.1. The van der Waals surface area contributed by atoms with Gasteiger partial charge in [0.1, 0.15) is 5.01 Å². The Morgan fingerprint density at radius 1 is 1.07 bits per heavy atom. The molecule has 2 aromatic carbocycles. The molecule has 0 fully saturated rings. The number of halogens is 1. The van der Waals surface area contributed by atoms with Crippen LogP contribution in [-0.2, 0) is 6.54 Å². The topological polar surface area (TPSA) is 49.3 Å². The molecule has 0 aliphatic rings. The molecule has 0 amide bonds. The fourth-order valence-electron chi connectivity index (χ4n) is 2.69. The molecule has 6 heteroatoms. The molecule has 0 bridgehead atoms. The van der Waals surface area contributed by atoms with E-state index in [4.69, 9.17) is 4.98 Å². The van der Waals surface area contributed by atoms with Gasteiger partial charge in [0.25, 0.3) is 0 Å². The van der Waals surface area contributed by atoms with E-state index in [1.807, 2.05) is 24.3 Å². The number of aromatic nitrogens is 1. The normalized spacial score (nSPS) is 12.2. The van der Waals surface area contributed by atoms with E-state index in [9.17, 15) is 0 Å². The van der Waals surface area contributed by atoms with Crippen LogP contribution in [0, 0.1) is 6.92 Å². The third-order valence-electron chi connectivity index (χ3n) is 4.21. The first kappa shape index (κ1) is 21.4. The van der Waals surface area contributed by atoms with Gasteiger partial charge in [-0.25, -0.2) is 4.98 Å². The van der Waals surface area contributed by atoms with Gasteiger partial charge in [-0.15, -0.1) is 35.3 Å².